The maximum atomic E-state index is 12.3. The summed E-state index contributed by atoms with van der Waals surface area (Å²) >= 11 is 5.99. The van der Waals surface area contributed by atoms with Gasteiger partial charge < -0.3 is 24.6 Å². The van der Waals surface area contributed by atoms with E-state index in [9.17, 15) is 9.59 Å². The second-order valence-electron chi connectivity index (χ2n) is 6.70. The molecule has 1 saturated heterocycles. The molecule has 0 radical (unpaired) electrons. The molecule has 1 heterocycles. The summed E-state index contributed by atoms with van der Waals surface area (Å²) in [6, 6.07) is 5.35. The molecule has 1 aliphatic rings. The molecule has 1 aromatic carbocycles. The number of ether oxygens (including phenoxy) is 2. The van der Waals surface area contributed by atoms with Crippen LogP contribution in [0, 0.1) is 6.92 Å². The zero-order chi connectivity index (χ0) is 19.6. The Morgan fingerprint density at radius 2 is 2.04 bits per heavy atom. The third-order valence-electron chi connectivity index (χ3n) is 4.57. The second kappa shape index (κ2) is 11.1. The third-order valence-corrected chi connectivity index (χ3v) is 5.00. The van der Waals surface area contributed by atoms with E-state index in [0.29, 0.717) is 43.6 Å². The Bertz CT molecular complexity index is 633. The molecule has 150 valence electrons. The molecular formula is C19H29ClN3O4+. The van der Waals surface area contributed by atoms with Crippen LogP contribution in [-0.2, 0) is 14.3 Å². The summed E-state index contributed by atoms with van der Waals surface area (Å²) in [5.74, 6) is 0.646. The van der Waals surface area contributed by atoms with Gasteiger partial charge in [0.25, 0.3) is 11.8 Å². The van der Waals surface area contributed by atoms with Gasteiger partial charge in [-0.05, 0) is 37.1 Å². The van der Waals surface area contributed by atoms with Crippen LogP contribution in [0.3, 0.4) is 0 Å². The molecule has 0 saturated carbocycles. The Morgan fingerprint density at radius 1 is 1.30 bits per heavy atom. The van der Waals surface area contributed by atoms with Crippen molar-refractivity contribution in [3.8, 4) is 5.75 Å². The lowest BCUT2D eigenvalue weighted by molar-refractivity contribution is -0.896. The van der Waals surface area contributed by atoms with E-state index < -0.39 is 0 Å². The van der Waals surface area contributed by atoms with Gasteiger partial charge in [0.15, 0.2) is 13.2 Å². The highest BCUT2D eigenvalue weighted by Crippen LogP contribution is 2.20. The van der Waals surface area contributed by atoms with Crippen molar-refractivity contribution >= 4 is 23.4 Å². The van der Waals surface area contributed by atoms with Crippen molar-refractivity contribution in [3.63, 3.8) is 0 Å². The number of aryl methyl sites for hydroxylation is 1. The minimum atomic E-state index is -0.0364. The van der Waals surface area contributed by atoms with E-state index in [1.807, 2.05) is 13.0 Å². The van der Waals surface area contributed by atoms with E-state index in [1.165, 1.54) is 4.90 Å². The van der Waals surface area contributed by atoms with Crippen LogP contribution in [0.2, 0.25) is 5.02 Å². The van der Waals surface area contributed by atoms with E-state index in [0.717, 1.165) is 25.1 Å². The number of quaternary nitrogens is 1. The lowest BCUT2D eigenvalue weighted by Gasteiger charge is -2.31. The summed E-state index contributed by atoms with van der Waals surface area (Å²) in [6.45, 7) is 6.41. The summed E-state index contributed by atoms with van der Waals surface area (Å²) < 4.78 is 10.5. The van der Waals surface area contributed by atoms with Crippen LogP contribution < -0.4 is 15.0 Å². The number of halogens is 1. The van der Waals surface area contributed by atoms with Crippen LogP contribution in [0.25, 0.3) is 0 Å². The Balaban J connectivity index is 1.66. The molecule has 2 amide bonds. The molecule has 1 aromatic rings. The van der Waals surface area contributed by atoms with Gasteiger partial charge in [0.05, 0.1) is 26.2 Å². The fraction of sp³-hybridized carbons (Fsp3) is 0.579. The fourth-order valence-corrected chi connectivity index (χ4v) is 3.04. The Hall–Kier alpha value is -1.83. The zero-order valence-electron chi connectivity index (χ0n) is 16.1. The number of benzene rings is 1. The van der Waals surface area contributed by atoms with Crippen molar-refractivity contribution < 1.29 is 24.0 Å². The molecule has 0 unspecified atom stereocenters. The molecule has 0 atom stereocenters. The lowest BCUT2D eigenvalue weighted by atomic mass is 10.2. The minimum Gasteiger partial charge on any atom is -0.484 e. The highest BCUT2D eigenvalue weighted by Gasteiger charge is 2.25. The number of hydrogen-bond donors (Lipinski definition) is 2. The first kappa shape index (κ1) is 21.5. The van der Waals surface area contributed by atoms with Crippen molar-refractivity contribution in [2.45, 2.75) is 13.3 Å². The third kappa shape index (κ3) is 7.36. The fourth-order valence-electron chi connectivity index (χ4n) is 2.93. The second-order valence-corrected chi connectivity index (χ2v) is 7.11. The molecule has 1 fully saturated rings. The van der Waals surface area contributed by atoms with Gasteiger partial charge in [-0.25, -0.2) is 0 Å². The van der Waals surface area contributed by atoms with Crippen molar-refractivity contribution in [3.05, 3.63) is 28.8 Å². The van der Waals surface area contributed by atoms with Crippen molar-refractivity contribution in [2.24, 2.45) is 0 Å². The number of methoxy groups -OCH3 is 1. The van der Waals surface area contributed by atoms with Crippen LogP contribution in [0.4, 0.5) is 0 Å². The first-order valence-electron chi connectivity index (χ1n) is 9.25. The van der Waals surface area contributed by atoms with E-state index in [2.05, 4.69) is 5.32 Å². The molecule has 7 nitrogen and oxygen atoms in total. The first-order chi connectivity index (χ1) is 13.0. The Labute approximate surface area is 165 Å². The van der Waals surface area contributed by atoms with Gasteiger partial charge >= 0.3 is 0 Å². The molecule has 1 aliphatic heterocycles. The summed E-state index contributed by atoms with van der Waals surface area (Å²) in [6.07, 6.45) is 0.812. The van der Waals surface area contributed by atoms with Crippen molar-refractivity contribution in [1.29, 1.82) is 0 Å². The first-order valence-corrected chi connectivity index (χ1v) is 9.63. The summed E-state index contributed by atoms with van der Waals surface area (Å²) in [4.78, 5) is 27.2. The number of piperazine rings is 1. The Kier molecular flexibility index (Phi) is 8.84. The van der Waals surface area contributed by atoms with Crippen LogP contribution in [0.1, 0.15) is 12.0 Å². The topological polar surface area (TPSA) is 72.3 Å². The minimum absolute atomic E-state index is 0.0103. The van der Waals surface area contributed by atoms with Crippen LogP contribution >= 0.6 is 11.6 Å². The van der Waals surface area contributed by atoms with Gasteiger partial charge in [0.1, 0.15) is 5.75 Å². The van der Waals surface area contributed by atoms with E-state index >= 15 is 0 Å². The highest BCUT2D eigenvalue weighted by molar-refractivity contribution is 6.31. The van der Waals surface area contributed by atoms with Gasteiger partial charge in [-0.15, -0.1) is 0 Å². The monoisotopic (exact) mass is 398 g/mol. The van der Waals surface area contributed by atoms with Crippen LogP contribution in [-0.4, -0.2) is 76.3 Å². The number of nitrogens with zero attached hydrogens (tertiary/aromatic N) is 1. The number of rotatable bonds is 9. The Morgan fingerprint density at radius 3 is 2.70 bits per heavy atom. The molecule has 8 heteroatoms. The van der Waals surface area contributed by atoms with E-state index in [1.54, 1.807) is 24.1 Å². The largest absolute Gasteiger partial charge is 0.484 e. The zero-order valence-corrected chi connectivity index (χ0v) is 16.8. The molecular weight excluding hydrogens is 370 g/mol. The average molecular weight is 399 g/mol. The number of hydrogen-bond acceptors (Lipinski definition) is 4. The molecule has 0 aliphatic carbocycles. The van der Waals surface area contributed by atoms with Gasteiger partial charge in [0, 0.05) is 25.3 Å². The number of amides is 2. The molecule has 2 rings (SSSR count). The molecule has 0 aromatic heterocycles. The number of nitrogens with one attached hydrogen (secondary N) is 2. The number of carbonyl (C=O) groups excluding carboxylic acids is 2. The molecule has 27 heavy (non-hydrogen) atoms. The predicted molar refractivity (Wildman–Crippen MR) is 103 cm³/mol. The smallest absolute Gasteiger partial charge is 0.275 e. The normalized spacial score (nSPS) is 14.9. The van der Waals surface area contributed by atoms with Gasteiger partial charge in [-0.2, -0.15) is 0 Å². The lowest BCUT2D eigenvalue weighted by Crippen LogP contribution is -3.15. The summed E-state index contributed by atoms with van der Waals surface area (Å²) in [5, 5.41) is 3.57. The van der Waals surface area contributed by atoms with Crippen molar-refractivity contribution in [2.75, 3.05) is 59.6 Å². The SMILES string of the molecule is COCCCNC(=O)C[NH+]1CCN(C(=O)COc2ccc(Cl)c(C)c2)CC1. The maximum Gasteiger partial charge on any atom is 0.275 e. The highest BCUT2D eigenvalue weighted by atomic mass is 35.5. The predicted octanol–water partition coefficient (Wildman–Crippen LogP) is -0.0930. The van der Waals surface area contributed by atoms with Crippen LogP contribution in [0.15, 0.2) is 18.2 Å². The maximum absolute atomic E-state index is 12.3. The van der Waals surface area contributed by atoms with E-state index in [4.69, 9.17) is 21.1 Å². The molecule has 2 N–H and O–H groups in total. The molecule has 0 bridgehead atoms. The summed E-state index contributed by atoms with van der Waals surface area (Å²) in [5.41, 5.74) is 0.916. The summed E-state index contributed by atoms with van der Waals surface area (Å²) in [7, 11) is 1.65. The van der Waals surface area contributed by atoms with Crippen LogP contribution in [0.5, 0.6) is 5.75 Å². The molecule has 0 spiro atoms. The van der Waals surface area contributed by atoms with Crippen molar-refractivity contribution in [1.82, 2.24) is 10.2 Å². The standard InChI is InChI=1S/C19H28ClN3O4/c1-15-12-16(4-5-17(15)20)27-14-19(25)23-9-7-22(8-10-23)13-18(24)21-6-3-11-26-2/h4-5,12H,3,6-11,13-14H2,1-2H3,(H,21,24)/p+1. The number of carbonyl (C=O) groups is 2. The quantitative estimate of drug-likeness (QED) is 0.570. The van der Waals surface area contributed by atoms with Gasteiger partial charge in [-0.1, -0.05) is 11.6 Å². The van der Waals surface area contributed by atoms with Gasteiger partial charge in [0.2, 0.25) is 0 Å². The average Bonchev–Trinajstić information content (AvgIpc) is 2.66. The van der Waals surface area contributed by atoms with E-state index in [-0.39, 0.29) is 18.4 Å². The van der Waals surface area contributed by atoms with Gasteiger partial charge in [-0.3, -0.25) is 9.59 Å².